The Balaban J connectivity index is 2.21. The standard InChI is InChI=1S/C12H15FN2O2/c1-8-7-15(5-4-14-8)12(17)10-6-9(13)2-3-11(10)16/h2-3,6,8,14,16H,4-5,7H2,1H3/t8-/m0/s1. The van der Waals surface area contributed by atoms with Gasteiger partial charge in [0, 0.05) is 25.7 Å². The number of aromatic hydroxyl groups is 1. The van der Waals surface area contributed by atoms with Crippen LogP contribution >= 0.6 is 0 Å². The number of rotatable bonds is 1. The molecule has 0 unspecified atom stereocenters. The molecule has 0 radical (unpaired) electrons. The molecule has 0 bridgehead atoms. The van der Waals surface area contributed by atoms with Gasteiger partial charge >= 0.3 is 0 Å². The van der Waals surface area contributed by atoms with E-state index in [1.165, 1.54) is 6.07 Å². The number of phenols is 1. The highest BCUT2D eigenvalue weighted by Crippen LogP contribution is 2.20. The van der Waals surface area contributed by atoms with E-state index in [0.717, 1.165) is 12.1 Å². The van der Waals surface area contributed by atoms with E-state index in [-0.39, 0.29) is 23.3 Å². The molecular formula is C12H15FN2O2. The monoisotopic (exact) mass is 238 g/mol. The Kier molecular flexibility index (Phi) is 3.28. The average Bonchev–Trinajstić information content (AvgIpc) is 2.31. The van der Waals surface area contributed by atoms with Crippen LogP contribution in [0.1, 0.15) is 17.3 Å². The highest BCUT2D eigenvalue weighted by molar-refractivity contribution is 5.96. The summed E-state index contributed by atoms with van der Waals surface area (Å²) in [6, 6.07) is 3.62. The zero-order valence-corrected chi connectivity index (χ0v) is 9.61. The second kappa shape index (κ2) is 4.71. The molecule has 0 saturated carbocycles. The lowest BCUT2D eigenvalue weighted by atomic mass is 10.1. The van der Waals surface area contributed by atoms with E-state index in [0.29, 0.717) is 19.6 Å². The van der Waals surface area contributed by atoms with E-state index < -0.39 is 5.82 Å². The number of nitrogens with zero attached hydrogens (tertiary/aromatic N) is 1. The van der Waals surface area contributed by atoms with Crippen molar-refractivity contribution in [2.75, 3.05) is 19.6 Å². The smallest absolute Gasteiger partial charge is 0.257 e. The minimum atomic E-state index is -0.519. The van der Waals surface area contributed by atoms with E-state index >= 15 is 0 Å². The fourth-order valence-corrected chi connectivity index (χ4v) is 1.97. The number of piperazine rings is 1. The van der Waals surface area contributed by atoms with Gasteiger partial charge in [0.2, 0.25) is 0 Å². The lowest BCUT2D eigenvalue weighted by Crippen LogP contribution is -2.51. The number of carbonyl (C=O) groups is 1. The third-order valence-electron chi connectivity index (χ3n) is 2.84. The van der Waals surface area contributed by atoms with Gasteiger partial charge in [-0.2, -0.15) is 0 Å². The fraction of sp³-hybridized carbons (Fsp3) is 0.417. The van der Waals surface area contributed by atoms with Crippen LogP contribution in [0.5, 0.6) is 5.75 Å². The van der Waals surface area contributed by atoms with Crippen LogP contribution in [-0.2, 0) is 0 Å². The number of phenolic OH excluding ortho intramolecular Hbond substituents is 1. The molecule has 92 valence electrons. The molecule has 4 nitrogen and oxygen atoms in total. The summed E-state index contributed by atoms with van der Waals surface area (Å²) < 4.78 is 13.1. The number of amides is 1. The van der Waals surface area contributed by atoms with Crippen LogP contribution in [-0.4, -0.2) is 41.6 Å². The number of nitrogens with one attached hydrogen (secondary N) is 1. The zero-order valence-electron chi connectivity index (χ0n) is 9.61. The predicted octanol–water partition coefficient (Wildman–Crippen LogP) is 0.965. The summed E-state index contributed by atoms with van der Waals surface area (Å²) in [5.74, 6) is -1.02. The number of hydrogen-bond acceptors (Lipinski definition) is 3. The minimum absolute atomic E-state index is 0.0269. The number of benzene rings is 1. The molecule has 1 heterocycles. The molecule has 0 aromatic heterocycles. The van der Waals surface area contributed by atoms with Crippen molar-refractivity contribution >= 4 is 5.91 Å². The van der Waals surface area contributed by atoms with Crippen molar-refractivity contribution in [3.8, 4) is 5.75 Å². The molecule has 1 aromatic carbocycles. The summed E-state index contributed by atoms with van der Waals surface area (Å²) >= 11 is 0. The van der Waals surface area contributed by atoms with E-state index in [4.69, 9.17) is 0 Å². The van der Waals surface area contributed by atoms with Crippen LogP contribution in [0.25, 0.3) is 0 Å². The SMILES string of the molecule is C[C@H]1CN(C(=O)c2cc(F)ccc2O)CCN1. The van der Waals surface area contributed by atoms with Crippen molar-refractivity contribution in [1.82, 2.24) is 10.2 Å². The third-order valence-corrected chi connectivity index (χ3v) is 2.84. The van der Waals surface area contributed by atoms with Gasteiger partial charge in [0.15, 0.2) is 0 Å². The summed E-state index contributed by atoms with van der Waals surface area (Å²) in [4.78, 5) is 13.7. The van der Waals surface area contributed by atoms with E-state index in [9.17, 15) is 14.3 Å². The van der Waals surface area contributed by atoms with Gasteiger partial charge in [-0.1, -0.05) is 0 Å². The maximum Gasteiger partial charge on any atom is 0.257 e. The number of halogens is 1. The van der Waals surface area contributed by atoms with Gasteiger partial charge in [0.05, 0.1) is 5.56 Å². The van der Waals surface area contributed by atoms with Gasteiger partial charge in [-0.15, -0.1) is 0 Å². The van der Waals surface area contributed by atoms with Gasteiger partial charge < -0.3 is 15.3 Å². The molecule has 17 heavy (non-hydrogen) atoms. The first-order valence-corrected chi connectivity index (χ1v) is 5.59. The first-order chi connectivity index (χ1) is 8.08. The molecule has 1 aliphatic heterocycles. The molecule has 1 aromatic rings. The van der Waals surface area contributed by atoms with E-state index in [2.05, 4.69) is 5.32 Å². The van der Waals surface area contributed by atoms with Crippen molar-refractivity contribution in [1.29, 1.82) is 0 Å². The molecule has 1 atom stereocenters. The fourth-order valence-electron chi connectivity index (χ4n) is 1.97. The Hall–Kier alpha value is -1.62. The maximum atomic E-state index is 13.1. The Morgan fingerprint density at radius 1 is 1.59 bits per heavy atom. The Labute approximate surface area is 99.0 Å². The third kappa shape index (κ3) is 2.55. The molecule has 0 spiro atoms. The largest absolute Gasteiger partial charge is 0.507 e. The summed E-state index contributed by atoms with van der Waals surface area (Å²) in [6.07, 6.45) is 0. The summed E-state index contributed by atoms with van der Waals surface area (Å²) in [5, 5.41) is 12.8. The van der Waals surface area contributed by atoms with Crippen molar-refractivity contribution in [2.24, 2.45) is 0 Å². The molecule has 1 amide bonds. The molecule has 2 N–H and O–H groups in total. The summed E-state index contributed by atoms with van der Waals surface area (Å²) in [6.45, 7) is 3.82. The molecule has 1 aliphatic rings. The Morgan fingerprint density at radius 2 is 2.35 bits per heavy atom. The first kappa shape index (κ1) is 11.9. The van der Waals surface area contributed by atoms with Crippen LogP contribution in [0.2, 0.25) is 0 Å². The second-order valence-corrected chi connectivity index (χ2v) is 4.27. The second-order valence-electron chi connectivity index (χ2n) is 4.27. The van der Waals surface area contributed by atoms with Crippen molar-refractivity contribution < 1.29 is 14.3 Å². The Bertz CT molecular complexity index is 437. The van der Waals surface area contributed by atoms with E-state index in [1.807, 2.05) is 6.92 Å². The first-order valence-electron chi connectivity index (χ1n) is 5.59. The summed E-state index contributed by atoms with van der Waals surface area (Å²) in [7, 11) is 0. The molecule has 0 aliphatic carbocycles. The van der Waals surface area contributed by atoms with Crippen LogP contribution in [0, 0.1) is 5.82 Å². The van der Waals surface area contributed by atoms with Gasteiger partial charge in [-0.05, 0) is 25.1 Å². The van der Waals surface area contributed by atoms with Crippen LogP contribution in [0.4, 0.5) is 4.39 Å². The van der Waals surface area contributed by atoms with Gasteiger partial charge in [0.25, 0.3) is 5.91 Å². The molecule has 1 fully saturated rings. The Morgan fingerprint density at radius 3 is 3.06 bits per heavy atom. The van der Waals surface area contributed by atoms with Crippen LogP contribution < -0.4 is 5.32 Å². The lowest BCUT2D eigenvalue weighted by Gasteiger charge is -2.32. The van der Waals surface area contributed by atoms with Crippen molar-refractivity contribution in [2.45, 2.75) is 13.0 Å². The predicted molar refractivity (Wildman–Crippen MR) is 61.4 cm³/mol. The van der Waals surface area contributed by atoms with Gasteiger partial charge in [-0.25, -0.2) is 4.39 Å². The highest BCUT2D eigenvalue weighted by atomic mass is 19.1. The summed E-state index contributed by atoms with van der Waals surface area (Å²) in [5.41, 5.74) is 0.0269. The highest BCUT2D eigenvalue weighted by Gasteiger charge is 2.23. The number of carbonyl (C=O) groups excluding carboxylic acids is 1. The molecule has 5 heteroatoms. The average molecular weight is 238 g/mol. The molecule has 1 saturated heterocycles. The van der Waals surface area contributed by atoms with Crippen LogP contribution in [0.15, 0.2) is 18.2 Å². The van der Waals surface area contributed by atoms with Crippen molar-refractivity contribution in [3.05, 3.63) is 29.6 Å². The topological polar surface area (TPSA) is 52.6 Å². The molecular weight excluding hydrogens is 223 g/mol. The minimum Gasteiger partial charge on any atom is -0.507 e. The normalized spacial score (nSPS) is 20.4. The van der Waals surface area contributed by atoms with Gasteiger partial charge in [-0.3, -0.25) is 4.79 Å². The molecule has 2 rings (SSSR count). The number of hydrogen-bond donors (Lipinski definition) is 2. The quantitative estimate of drug-likeness (QED) is 0.766. The van der Waals surface area contributed by atoms with Gasteiger partial charge in [0.1, 0.15) is 11.6 Å². The zero-order chi connectivity index (χ0) is 12.4. The van der Waals surface area contributed by atoms with Crippen LogP contribution in [0.3, 0.4) is 0 Å². The van der Waals surface area contributed by atoms with Crippen molar-refractivity contribution in [3.63, 3.8) is 0 Å². The van der Waals surface area contributed by atoms with E-state index in [1.54, 1.807) is 4.90 Å². The maximum absolute atomic E-state index is 13.1. The lowest BCUT2D eigenvalue weighted by molar-refractivity contribution is 0.0705.